The fourth-order valence-corrected chi connectivity index (χ4v) is 2.46. The normalized spacial score (nSPS) is 10.9. The van der Waals surface area contributed by atoms with E-state index in [4.69, 9.17) is 15.2 Å². The second-order valence-electron chi connectivity index (χ2n) is 6.13. The lowest BCUT2D eigenvalue weighted by molar-refractivity contribution is 0.0597. The minimum atomic E-state index is -0.454. The van der Waals surface area contributed by atoms with Crippen molar-refractivity contribution in [3.8, 4) is 5.75 Å². The molecule has 2 aromatic carbocycles. The number of esters is 1. The number of hydrogen-bond donors (Lipinski definition) is 2. The summed E-state index contributed by atoms with van der Waals surface area (Å²) in [7, 11) is 2.84. The summed E-state index contributed by atoms with van der Waals surface area (Å²) >= 11 is 0. The van der Waals surface area contributed by atoms with Crippen molar-refractivity contribution >= 4 is 41.6 Å². The van der Waals surface area contributed by atoms with Crippen molar-refractivity contribution in [2.24, 2.45) is 10.7 Å². The van der Waals surface area contributed by atoms with Crippen LogP contribution >= 0.6 is 24.0 Å². The van der Waals surface area contributed by atoms with Gasteiger partial charge in [-0.25, -0.2) is 9.79 Å². The molecule has 2 rings (SSSR count). The summed E-state index contributed by atoms with van der Waals surface area (Å²) in [5.41, 5.74) is 9.28. The van der Waals surface area contributed by atoms with Gasteiger partial charge in [0, 0.05) is 5.69 Å². The first kappa shape index (κ1) is 22.8. The Balaban J connectivity index is 0.00000364. The zero-order chi connectivity index (χ0) is 19.1. The highest BCUT2D eigenvalue weighted by atomic mass is 127. The van der Waals surface area contributed by atoms with Gasteiger partial charge in [0.1, 0.15) is 11.3 Å². The Bertz CT molecular complexity index is 807. The molecule has 0 aliphatic heterocycles. The summed E-state index contributed by atoms with van der Waals surface area (Å²) in [5, 5.41) is 3.09. The van der Waals surface area contributed by atoms with Crippen LogP contribution in [0.25, 0.3) is 0 Å². The summed E-state index contributed by atoms with van der Waals surface area (Å²) < 4.78 is 9.96. The van der Waals surface area contributed by atoms with Crippen LogP contribution < -0.4 is 15.8 Å². The standard InChI is InChI=1S/C20H25N3O3.HI/c1-13(2)15-6-5-7-16(11-15)23-20(21)22-12-14-8-9-18(25-3)17(10-14)19(24)26-4;/h5-11,13H,12H2,1-4H3,(H3,21,22,23);1H. The monoisotopic (exact) mass is 483 g/mol. The number of carbonyl (C=O) groups excluding carboxylic acids is 1. The lowest BCUT2D eigenvalue weighted by Crippen LogP contribution is -2.22. The van der Waals surface area contributed by atoms with Crippen molar-refractivity contribution in [1.82, 2.24) is 0 Å². The van der Waals surface area contributed by atoms with Gasteiger partial charge >= 0.3 is 5.97 Å². The van der Waals surface area contributed by atoms with Crippen LogP contribution in [0.3, 0.4) is 0 Å². The van der Waals surface area contributed by atoms with E-state index in [2.05, 4.69) is 36.3 Å². The van der Waals surface area contributed by atoms with E-state index in [-0.39, 0.29) is 24.0 Å². The van der Waals surface area contributed by atoms with E-state index < -0.39 is 5.97 Å². The van der Waals surface area contributed by atoms with Gasteiger partial charge in [0.2, 0.25) is 0 Å². The van der Waals surface area contributed by atoms with Gasteiger partial charge in [-0.2, -0.15) is 0 Å². The molecule has 6 nitrogen and oxygen atoms in total. The summed E-state index contributed by atoms with van der Waals surface area (Å²) in [4.78, 5) is 16.2. The largest absolute Gasteiger partial charge is 0.496 e. The molecule has 0 amide bonds. The molecule has 0 bridgehead atoms. The van der Waals surface area contributed by atoms with Gasteiger partial charge in [0.25, 0.3) is 0 Å². The Hall–Kier alpha value is -2.29. The molecule has 0 saturated heterocycles. The van der Waals surface area contributed by atoms with E-state index in [1.165, 1.54) is 19.8 Å². The number of ether oxygens (including phenoxy) is 2. The fraction of sp³-hybridized carbons (Fsp3) is 0.300. The number of rotatable bonds is 6. The van der Waals surface area contributed by atoms with Crippen LogP contribution in [0.5, 0.6) is 5.75 Å². The molecule has 0 saturated carbocycles. The number of methoxy groups -OCH3 is 2. The lowest BCUT2D eigenvalue weighted by atomic mass is 10.0. The molecule has 0 fully saturated rings. The van der Waals surface area contributed by atoms with Crippen LogP contribution in [0.15, 0.2) is 47.5 Å². The summed E-state index contributed by atoms with van der Waals surface area (Å²) in [6.45, 7) is 4.61. The highest BCUT2D eigenvalue weighted by Gasteiger charge is 2.13. The van der Waals surface area contributed by atoms with Gasteiger partial charge in [-0.3, -0.25) is 0 Å². The molecule has 7 heteroatoms. The van der Waals surface area contributed by atoms with Crippen molar-refractivity contribution in [1.29, 1.82) is 0 Å². The number of nitrogens with two attached hydrogens (primary N) is 1. The zero-order valence-electron chi connectivity index (χ0n) is 16.0. The molecular weight excluding hydrogens is 457 g/mol. The summed E-state index contributed by atoms with van der Waals surface area (Å²) in [5.74, 6) is 0.748. The molecule has 0 aliphatic rings. The Kier molecular flexibility index (Phi) is 9.07. The second kappa shape index (κ2) is 10.8. The van der Waals surface area contributed by atoms with Crippen molar-refractivity contribution < 1.29 is 14.3 Å². The lowest BCUT2D eigenvalue weighted by Gasteiger charge is -2.10. The van der Waals surface area contributed by atoms with Crippen molar-refractivity contribution in [2.45, 2.75) is 26.3 Å². The van der Waals surface area contributed by atoms with Crippen LogP contribution in [-0.4, -0.2) is 26.1 Å². The molecule has 0 radical (unpaired) electrons. The summed E-state index contributed by atoms with van der Waals surface area (Å²) in [6, 6.07) is 13.3. The number of nitrogens with zero attached hydrogens (tertiary/aromatic N) is 1. The van der Waals surface area contributed by atoms with Gasteiger partial charge in [-0.1, -0.05) is 32.0 Å². The molecule has 0 atom stereocenters. The van der Waals surface area contributed by atoms with Gasteiger partial charge in [0.15, 0.2) is 5.96 Å². The van der Waals surface area contributed by atoms with E-state index >= 15 is 0 Å². The first-order valence-corrected chi connectivity index (χ1v) is 8.36. The third-order valence-corrected chi connectivity index (χ3v) is 3.93. The number of carbonyl (C=O) groups is 1. The topological polar surface area (TPSA) is 85.9 Å². The molecule has 0 unspecified atom stereocenters. The number of hydrogen-bond acceptors (Lipinski definition) is 4. The smallest absolute Gasteiger partial charge is 0.341 e. The molecule has 0 aromatic heterocycles. The van der Waals surface area contributed by atoms with Gasteiger partial charge in [0.05, 0.1) is 20.8 Å². The van der Waals surface area contributed by atoms with Crippen LogP contribution in [0.1, 0.15) is 41.3 Å². The van der Waals surface area contributed by atoms with Crippen LogP contribution in [0.4, 0.5) is 5.69 Å². The van der Waals surface area contributed by atoms with E-state index in [9.17, 15) is 4.79 Å². The van der Waals surface area contributed by atoms with Crippen LogP contribution in [0, 0.1) is 0 Å². The third kappa shape index (κ3) is 6.42. The maximum absolute atomic E-state index is 11.8. The van der Waals surface area contributed by atoms with E-state index in [0.29, 0.717) is 29.7 Å². The van der Waals surface area contributed by atoms with Crippen LogP contribution in [-0.2, 0) is 11.3 Å². The first-order chi connectivity index (χ1) is 12.4. The Labute approximate surface area is 177 Å². The number of benzene rings is 2. The maximum Gasteiger partial charge on any atom is 0.341 e. The van der Waals surface area contributed by atoms with Crippen molar-refractivity contribution in [3.63, 3.8) is 0 Å². The third-order valence-electron chi connectivity index (χ3n) is 3.93. The molecule has 0 heterocycles. The molecule has 27 heavy (non-hydrogen) atoms. The average Bonchev–Trinajstić information content (AvgIpc) is 2.65. The van der Waals surface area contributed by atoms with E-state index in [0.717, 1.165) is 11.3 Å². The molecule has 0 spiro atoms. The number of aliphatic imine (C=N–C) groups is 1. The van der Waals surface area contributed by atoms with Gasteiger partial charge < -0.3 is 20.5 Å². The molecule has 0 aliphatic carbocycles. The average molecular weight is 483 g/mol. The minimum Gasteiger partial charge on any atom is -0.496 e. The van der Waals surface area contributed by atoms with E-state index in [1.807, 2.05) is 18.2 Å². The van der Waals surface area contributed by atoms with Crippen molar-refractivity contribution in [2.75, 3.05) is 19.5 Å². The Morgan fingerprint density at radius 1 is 1.19 bits per heavy atom. The number of nitrogens with one attached hydrogen (secondary N) is 1. The first-order valence-electron chi connectivity index (χ1n) is 8.36. The SMILES string of the molecule is COC(=O)c1cc(CN=C(N)Nc2cccc(C(C)C)c2)ccc1OC.I. The van der Waals surface area contributed by atoms with Crippen molar-refractivity contribution in [3.05, 3.63) is 59.2 Å². The van der Waals surface area contributed by atoms with Crippen LogP contribution in [0.2, 0.25) is 0 Å². The Morgan fingerprint density at radius 3 is 2.56 bits per heavy atom. The second-order valence-corrected chi connectivity index (χ2v) is 6.13. The number of anilines is 1. The number of halogens is 1. The predicted octanol–water partition coefficient (Wildman–Crippen LogP) is 4.15. The predicted molar refractivity (Wildman–Crippen MR) is 119 cm³/mol. The maximum atomic E-state index is 11.8. The molecular formula is C20H26IN3O3. The highest BCUT2D eigenvalue weighted by molar-refractivity contribution is 14.0. The molecule has 146 valence electrons. The minimum absolute atomic E-state index is 0. The van der Waals surface area contributed by atoms with Gasteiger partial charge in [-0.15, -0.1) is 24.0 Å². The molecule has 3 N–H and O–H groups in total. The van der Waals surface area contributed by atoms with E-state index in [1.54, 1.807) is 12.1 Å². The fourth-order valence-electron chi connectivity index (χ4n) is 2.46. The highest BCUT2D eigenvalue weighted by Crippen LogP contribution is 2.21. The summed E-state index contributed by atoms with van der Waals surface area (Å²) in [6.07, 6.45) is 0. The Morgan fingerprint density at radius 2 is 1.93 bits per heavy atom. The number of guanidine groups is 1. The quantitative estimate of drug-likeness (QED) is 0.279. The zero-order valence-corrected chi connectivity index (χ0v) is 18.3. The van der Waals surface area contributed by atoms with Gasteiger partial charge in [-0.05, 0) is 41.3 Å². The molecule has 2 aromatic rings.